The molecule has 1 N–H and O–H groups in total. The Hall–Kier alpha value is -1.52. The second-order valence-electron chi connectivity index (χ2n) is 5.16. The van der Waals surface area contributed by atoms with Crippen molar-refractivity contribution in [3.8, 4) is 0 Å². The lowest BCUT2D eigenvalue weighted by atomic mass is 10.0. The molecule has 1 aromatic rings. The normalized spacial score (nSPS) is 19.8. The van der Waals surface area contributed by atoms with Gasteiger partial charge >= 0.3 is 5.97 Å². The van der Waals surface area contributed by atoms with E-state index in [9.17, 15) is 18.0 Å². The van der Waals surface area contributed by atoms with Crippen LogP contribution in [-0.4, -0.2) is 65.3 Å². The highest BCUT2D eigenvalue weighted by Crippen LogP contribution is 2.32. The molecule has 1 aliphatic heterocycles. The van der Waals surface area contributed by atoms with Gasteiger partial charge in [0.05, 0.1) is 5.51 Å². The van der Waals surface area contributed by atoms with E-state index in [0.29, 0.717) is 0 Å². The highest BCUT2D eigenvalue weighted by Gasteiger charge is 2.48. The van der Waals surface area contributed by atoms with Crippen LogP contribution in [0.25, 0.3) is 0 Å². The Kier molecular flexibility index (Phi) is 3.80. The fourth-order valence-corrected chi connectivity index (χ4v) is 5.25. The largest absolute Gasteiger partial charge is 0.476 e. The lowest BCUT2D eigenvalue weighted by Crippen LogP contribution is -2.63. The van der Waals surface area contributed by atoms with Crippen molar-refractivity contribution in [1.29, 1.82) is 0 Å². The number of carbonyl (C=O) groups excluding carboxylic acids is 1. The first-order valence-corrected chi connectivity index (χ1v) is 8.37. The summed E-state index contributed by atoms with van der Waals surface area (Å²) in [5, 5.41) is 9.03. The van der Waals surface area contributed by atoms with E-state index in [1.807, 2.05) is 0 Å². The SMILES string of the molecule is CN1CCN(S(=O)(=O)c2scnc2C(=O)O)C(C)(C)C1=O. The number of thiazole rings is 1. The fourth-order valence-electron chi connectivity index (χ4n) is 2.28. The molecule has 0 spiro atoms. The summed E-state index contributed by atoms with van der Waals surface area (Å²) < 4.78 is 26.1. The summed E-state index contributed by atoms with van der Waals surface area (Å²) in [4.78, 5) is 28.3. The number of rotatable bonds is 3. The fraction of sp³-hybridized carbons (Fsp3) is 0.545. The molecule has 0 radical (unpaired) electrons. The number of carbonyl (C=O) groups is 2. The number of hydrogen-bond donors (Lipinski definition) is 1. The van der Waals surface area contributed by atoms with Gasteiger partial charge in [-0.15, -0.1) is 11.3 Å². The van der Waals surface area contributed by atoms with Crippen LogP contribution in [0.15, 0.2) is 9.72 Å². The summed E-state index contributed by atoms with van der Waals surface area (Å²) in [6.45, 7) is 3.37. The summed E-state index contributed by atoms with van der Waals surface area (Å²) in [7, 11) is -2.50. The average Bonchev–Trinajstić information content (AvgIpc) is 2.85. The van der Waals surface area contributed by atoms with Gasteiger partial charge in [-0.1, -0.05) is 0 Å². The molecule has 1 aromatic heterocycles. The Bertz CT molecular complexity index is 694. The zero-order valence-electron chi connectivity index (χ0n) is 11.7. The molecule has 1 aliphatic rings. The minimum absolute atomic E-state index is 0.106. The summed E-state index contributed by atoms with van der Waals surface area (Å²) in [5.41, 5.74) is -0.616. The number of likely N-dealkylation sites (N-methyl/N-ethyl adjacent to an activating group) is 1. The van der Waals surface area contributed by atoms with E-state index in [0.717, 1.165) is 15.6 Å². The van der Waals surface area contributed by atoms with E-state index in [2.05, 4.69) is 4.98 Å². The number of aromatic carboxylic acids is 1. The molecule has 0 atom stereocenters. The highest BCUT2D eigenvalue weighted by atomic mass is 32.2. The van der Waals surface area contributed by atoms with Gasteiger partial charge in [-0.3, -0.25) is 4.79 Å². The van der Waals surface area contributed by atoms with E-state index < -0.39 is 27.2 Å². The molecule has 0 aliphatic carbocycles. The van der Waals surface area contributed by atoms with Crippen molar-refractivity contribution in [3.63, 3.8) is 0 Å². The monoisotopic (exact) mass is 333 g/mol. The van der Waals surface area contributed by atoms with Crippen LogP contribution in [0.4, 0.5) is 0 Å². The van der Waals surface area contributed by atoms with Crippen molar-refractivity contribution in [2.24, 2.45) is 0 Å². The van der Waals surface area contributed by atoms with Crippen molar-refractivity contribution in [3.05, 3.63) is 11.2 Å². The van der Waals surface area contributed by atoms with E-state index in [1.165, 1.54) is 24.3 Å². The van der Waals surface area contributed by atoms with Crippen LogP contribution in [0.3, 0.4) is 0 Å². The number of piperazine rings is 1. The Morgan fingerprint density at radius 3 is 2.62 bits per heavy atom. The Labute approximate surface area is 126 Å². The van der Waals surface area contributed by atoms with E-state index in [4.69, 9.17) is 5.11 Å². The Morgan fingerprint density at radius 2 is 2.05 bits per heavy atom. The Morgan fingerprint density at radius 1 is 1.43 bits per heavy atom. The van der Waals surface area contributed by atoms with E-state index in [-0.39, 0.29) is 23.2 Å². The number of carboxylic acids is 1. The van der Waals surface area contributed by atoms with Gasteiger partial charge in [0.25, 0.3) is 10.0 Å². The molecule has 8 nitrogen and oxygen atoms in total. The van der Waals surface area contributed by atoms with Gasteiger partial charge < -0.3 is 10.0 Å². The number of carboxylic acid groups (broad SMARTS) is 1. The van der Waals surface area contributed by atoms with Crippen molar-refractivity contribution in [1.82, 2.24) is 14.2 Å². The molecule has 0 saturated carbocycles. The van der Waals surface area contributed by atoms with Gasteiger partial charge in [0.1, 0.15) is 5.54 Å². The van der Waals surface area contributed by atoms with E-state index >= 15 is 0 Å². The predicted molar refractivity (Wildman–Crippen MR) is 74.7 cm³/mol. The van der Waals surface area contributed by atoms with Crippen LogP contribution < -0.4 is 0 Å². The molecule has 1 saturated heterocycles. The van der Waals surface area contributed by atoms with E-state index in [1.54, 1.807) is 7.05 Å². The average molecular weight is 333 g/mol. The maximum Gasteiger partial charge on any atom is 0.356 e. The quantitative estimate of drug-likeness (QED) is 0.839. The summed E-state index contributed by atoms with van der Waals surface area (Å²) in [6.07, 6.45) is 0. The molecule has 0 unspecified atom stereocenters. The van der Waals surface area contributed by atoms with Crippen molar-refractivity contribution in [2.75, 3.05) is 20.1 Å². The van der Waals surface area contributed by atoms with Crippen LogP contribution in [0.5, 0.6) is 0 Å². The minimum Gasteiger partial charge on any atom is -0.476 e. The smallest absolute Gasteiger partial charge is 0.356 e. The molecule has 2 heterocycles. The maximum atomic E-state index is 12.7. The Balaban J connectivity index is 2.51. The van der Waals surface area contributed by atoms with Crippen LogP contribution in [0.2, 0.25) is 0 Å². The van der Waals surface area contributed by atoms with Crippen molar-refractivity contribution >= 4 is 33.2 Å². The standard InChI is InChI=1S/C11H15N3O5S2/c1-11(2)10(17)13(3)4-5-14(11)21(18,19)9-7(8(15)16)12-6-20-9/h6H,4-5H2,1-3H3,(H,15,16). The molecule has 1 fully saturated rings. The van der Waals surface area contributed by atoms with Gasteiger partial charge in [-0.05, 0) is 13.8 Å². The lowest BCUT2D eigenvalue weighted by Gasteiger charge is -2.43. The van der Waals surface area contributed by atoms with Crippen molar-refractivity contribution < 1.29 is 23.1 Å². The molecule has 0 bridgehead atoms. The summed E-state index contributed by atoms with van der Waals surface area (Å²) in [5.74, 6) is -1.74. The molecule has 116 valence electrons. The molecule has 1 amide bonds. The number of hydrogen-bond acceptors (Lipinski definition) is 6. The predicted octanol–water partition coefficient (Wildman–Crippen LogP) is 0.0826. The third kappa shape index (κ3) is 2.43. The first-order valence-electron chi connectivity index (χ1n) is 6.05. The number of sulfonamides is 1. The third-order valence-electron chi connectivity index (χ3n) is 3.39. The van der Waals surface area contributed by atoms with Crippen molar-refractivity contribution in [2.45, 2.75) is 23.6 Å². The number of amides is 1. The number of nitrogens with zero attached hydrogens (tertiary/aromatic N) is 3. The molecule has 0 aromatic carbocycles. The number of aromatic nitrogens is 1. The maximum absolute atomic E-state index is 12.7. The van der Waals surface area contributed by atoms with Gasteiger partial charge in [-0.25, -0.2) is 18.2 Å². The van der Waals surface area contributed by atoms with Crippen LogP contribution in [0, 0.1) is 0 Å². The zero-order valence-corrected chi connectivity index (χ0v) is 13.4. The van der Waals surface area contributed by atoms with Crippen LogP contribution in [-0.2, 0) is 14.8 Å². The molecular weight excluding hydrogens is 318 g/mol. The highest BCUT2D eigenvalue weighted by molar-refractivity contribution is 7.91. The first kappa shape index (κ1) is 15.9. The topological polar surface area (TPSA) is 108 Å². The second-order valence-corrected chi connectivity index (χ2v) is 8.07. The van der Waals surface area contributed by atoms with Gasteiger partial charge in [0.15, 0.2) is 9.90 Å². The van der Waals surface area contributed by atoms with Gasteiger partial charge in [-0.2, -0.15) is 4.31 Å². The molecular formula is C11H15N3O5S2. The van der Waals surface area contributed by atoms with Gasteiger partial charge in [0.2, 0.25) is 5.91 Å². The summed E-state index contributed by atoms with van der Waals surface area (Å²) in [6, 6.07) is 0. The third-order valence-corrected chi connectivity index (χ3v) is 6.81. The first-order chi connectivity index (χ1) is 9.60. The minimum atomic E-state index is -4.10. The molecule has 21 heavy (non-hydrogen) atoms. The van der Waals surface area contributed by atoms with Crippen LogP contribution >= 0.6 is 11.3 Å². The molecule has 2 rings (SSSR count). The zero-order chi connectivity index (χ0) is 16.0. The van der Waals surface area contributed by atoms with Gasteiger partial charge in [0, 0.05) is 20.1 Å². The summed E-state index contributed by atoms with van der Waals surface area (Å²) >= 11 is 0.735. The van der Waals surface area contributed by atoms with Crippen LogP contribution in [0.1, 0.15) is 24.3 Å². The molecule has 10 heteroatoms. The lowest BCUT2D eigenvalue weighted by molar-refractivity contribution is -0.142. The second kappa shape index (κ2) is 5.04.